The van der Waals surface area contributed by atoms with E-state index in [0.717, 1.165) is 37.7 Å². The minimum atomic E-state index is -1.11. The van der Waals surface area contributed by atoms with E-state index in [0.29, 0.717) is 32.3 Å². The minimum absolute atomic E-state index is 0.0482. The van der Waals surface area contributed by atoms with Crippen LogP contribution >= 0.6 is 0 Å². The van der Waals surface area contributed by atoms with Gasteiger partial charge >= 0.3 is 5.97 Å². The third-order valence-electron chi connectivity index (χ3n) is 12.1. The highest BCUT2D eigenvalue weighted by atomic mass is 16.7. The second-order valence-electron chi connectivity index (χ2n) is 13.4. The van der Waals surface area contributed by atoms with Crippen molar-refractivity contribution < 1.29 is 43.9 Å². The maximum absolute atomic E-state index is 13.0. The van der Waals surface area contributed by atoms with Crippen LogP contribution in [-0.2, 0) is 28.5 Å². The Balaban J connectivity index is 1.18. The molecule has 2 aliphatic heterocycles. The Morgan fingerprint density at radius 3 is 2.54 bits per heavy atom. The number of cyclic esters (lactones) is 1. The van der Waals surface area contributed by atoms with Gasteiger partial charge in [0.25, 0.3) is 0 Å². The zero-order valence-corrected chi connectivity index (χ0v) is 23.3. The molecule has 0 bridgehead atoms. The molecular weight excluding hydrogens is 504 g/mol. The molecule has 9 heteroatoms. The lowest BCUT2D eigenvalue weighted by Crippen LogP contribution is -2.63. The summed E-state index contributed by atoms with van der Waals surface area (Å²) in [5.41, 5.74) is -0.682. The van der Waals surface area contributed by atoms with E-state index in [9.17, 15) is 24.9 Å². The molecule has 5 fully saturated rings. The fraction of sp³-hybridized carbons (Fsp3) is 0.867. The molecule has 218 valence electrons. The molecular formula is C30H44O9. The van der Waals surface area contributed by atoms with E-state index in [-0.39, 0.29) is 41.2 Å². The molecule has 2 heterocycles. The first-order valence-corrected chi connectivity index (χ1v) is 14.8. The summed E-state index contributed by atoms with van der Waals surface area (Å²) in [7, 11) is 1.46. The number of fused-ring (bicyclic) bond motifs is 5. The van der Waals surface area contributed by atoms with Crippen LogP contribution in [0.5, 0.6) is 0 Å². The molecule has 39 heavy (non-hydrogen) atoms. The van der Waals surface area contributed by atoms with Gasteiger partial charge in [-0.3, -0.25) is 0 Å². The summed E-state index contributed by atoms with van der Waals surface area (Å²) in [6.45, 7) is 4.25. The van der Waals surface area contributed by atoms with Gasteiger partial charge in [-0.15, -0.1) is 0 Å². The number of rotatable bonds is 5. The van der Waals surface area contributed by atoms with E-state index in [1.165, 1.54) is 13.4 Å². The van der Waals surface area contributed by atoms with Crippen molar-refractivity contribution in [3.63, 3.8) is 0 Å². The Morgan fingerprint density at radius 2 is 1.85 bits per heavy atom. The quantitative estimate of drug-likeness (QED) is 0.269. The number of ether oxygens (including phenoxy) is 4. The predicted octanol–water partition coefficient (Wildman–Crippen LogP) is 2.29. The third kappa shape index (κ3) is 4.02. The molecule has 9 nitrogen and oxygen atoms in total. The fourth-order valence-corrected chi connectivity index (χ4v) is 10.00. The lowest BCUT2D eigenvalue weighted by atomic mass is 9.43. The molecule has 3 N–H and O–H groups in total. The zero-order chi connectivity index (χ0) is 27.7. The van der Waals surface area contributed by atoms with Crippen LogP contribution in [0.4, 0.5) is 0 Å². The number of aliphatic hydroxyl groups is 3. The van der Waals surface area contributed by atoms with Gasteiger partial charge in [0.05, 0.1) is 17.8 Å². The van der Waals surface area contributed by atoms with Crippen molar-refractivity contribution >= 4 is 12.3 Å². The molecule has 6 aliphatic rings. The Morgan fingerprint density at radius 1 is 1.05 bits per heavy atom. The van der Waals surface area contributed by atoms with E-state index in [2.05, 4.69) is 6.92 Å². The first-order chi connectivity index (χ1) is 18.6. The van der Waals surface area contributed by atoms with Crippen LogP contribution in [0.3, 0.4) is 0 Å². The van der Waals surface area contributed by atoms with E-state index >= 15 is 0 Å². The predicted molar refractivity (Wildman–Crippen MR) is 138 cm³/mol. The van der Waals surface area contributed by atoms with Gasteiger partial charge in [-0.2, -0.15) is 0 Å². The minimum Gasteiger partial charge on any atom is -0.458 e. The standard InChI is InChI=1S/C30H44O9/c1-16-24(33)26(36-3)25(34)27(38-16)39-19-6-10-29(15-31)18(13-19)4-5-22-21(29)7-9-28(2)20(8-11-30(22,28)35)17-12-23(32)37-14-17/h12,15-16,18-22,24-27,33-35H,4-11,13-14H2,1-3H3/t16-,18+,19+,20-,21+,22?,24+,25-,26+,27+,28-,29-,30+/m1/s1. The van der Waals surface area contributed by atoms with Crippen LogP contribution in [0.15, 0.2) is 11.6 Å². The first kappa shape index (κ1) is 27.8. The first-order valence-electron chi connectivity index (χ1n) is 14.8. The number of methoxy groups -OCH3 is 1. The molecule has 0 amide bonds. The number of hydrogen-bond donors (Lipinski definition) is 3. The highest BCUT2D eigenvalue weighted by Crippen LogP contribution is 2.69. The number of carbonyl (C=O) groups excluding carboxylic acids is 2. The summed E-state index contributed by atoms with van der Waals surface area (Å²) in [6, 6.07) is 0. The number of hydrogen-bond acceptors (Lipinski definition) is 9. The van der Waals surface area contributed by atoms with Gasteiger partial charge in [0.1, 0.15) is 31.2 Å². The van der Waals surface area contributed by atoms with Crippen LogP contribution in [0.1, 0.15) is 71.6 Å². The molecule has 0 spiro atoms. The third-order valence-corrected chi connectivity index (χ3v) is 12.1. The summed E-state index contributed by atoms with van der Waals surface area (Å²) in [4.78, 5) is 24.8. The van der Waals surface area contributed by atoms with Crippen LogP contribution in [0.25, 0.3) is 0 Å². The van der Waals surface area contributed by atoms with E-state index in [1.54, 1.807) is 13.0 Å². The summed E-state index contributed by atoms with van der Waals surface area (Å²) in [6.07, 6.45) is 5.39. The molecule has 0 radical (unpaired) electrons. The molecule has 13 atom stereocenters. The summed E-state index contributed by atoms with van der Waals surface area (Å²) in [5, 5.41) is 33.4. The van der Waals surface area contributed by atoms with Gasteiger partial charge < -0.3 is 39.1 Å². The molecule has 0 aromatic rings. The van der Waals surface area contributed by atoms with Crippen molar-refractivity contribution in [2.45, 2.75) is 114 Å². The van der Waals surface area contributed by atoms with Gasteiger partial charge in [-0.25, -0.2) is 4.79 Å². The molecule has 6 rings (SSSR count). The largest absolute Gasteiger partial charge is 0.458 e. The van der Waals surface area contributed by atoms with Crippen LogP contribution in [-0.4, -0.2) is 83.7 Å². The van der Waals surface area contributed by atoms with Crippen LogP contribution < -0.4 is 0 Å². The summed E-state index contributed by atoms with van der Waals surface area (Å²) >= 11 is 0. The fourth-order valence-electron chi connectivity index (χ4n) is 10.00. The van der Waals surface area contributed by atoms with Crippen molar-refractivity contribution in [2.24, 2.45) is 34.5 Å². The van der Waals surface area contributed by atoms with E-state index < -0.39 is 41.7 Å². The SMILES string of the molecule is CO[C@H]1[C@@H](O)[C@@H](C)O[C@@H](O[C@H]2CC[C@@]3(C=O)[C@@H](CCC4[C@@H]3CC[C@]3(C)[C@@H](C5=CC(=O)OC5)CC[C@]43O)C2)[C@@H]1O. The monoisotopic (exact) mass is 548 g/mol. The average Bonchev–Trinajstić information content (AvgIpc) is 3.47. The van der Waals surface area contributed by atoms with Crippen molar-refractivity contribution in [3.05, 3.63) is 11.6 Å². The topological polar surface area (TPSA) is 132 Å². The van der Waals surface area contributed by atoms with Crippen molar-refractivity contribution in [2.75, 3.05) is 13.7 Å². The van der Waals surface area contributed by atoms with E-state index in [4.69, 9.17) is 18.9 Å². The van der Waals surface area contributed by atoms with Gasteiger partial charge in [-0.05, 0) is 94.0 Å². The number of esters is 1. The van der Waals surface area contributed by atoms with Crippen molar-refractivity contribution in [1.29, 1.82) is 0 Å². The van der Waals surface area contributed by atoms with Crippen LogP contribution in [0.2, 0.25) is 0 Å². The highest BCUT2D eigenvalue weighted by molar-refractivity contribution is 5.85. The van der Waals surface area contributed by atoms with Crippen molar-refractivity contribution in [1.82, 2.24) is 0 Å². The number of aldehydes is 1. The number of aliphatic hydroxyl groups excluding tert-OH is 2. The second-order valence-corrected chi connectivity index (χ2v) is 13.4. The Bertz CT molecular complexity index is 1010. The zero-order valence-electron chi connectivity index (χ0n) is 23.3. The maximum atomic E-state index is 13.0. The smallest absolute Gasteiger partial charge is 0.331 e. The number of carbonyl (C=O) groups is 2. The normalized spacial score (nSPS) is 53.3. The van der Waals surface area contributed by atoms with E-state index in [1.807, 2.05) is 0 Å². The van der Waals surface area contributed by atoms with Crippen molar-refractivity contribution in [3.8, 4) is 0 Å². The molecule has 4 saturated carbocycles. The Kier molecular flexibility index (Phi) is 7.04. The summed E-state index contributed by atoms with van der Waals surface area (Å²) in [5.74, 6) is 0.152. The second kappa shape index (κ2) is 9.88. The molecule has 4 aliphatic carbocycles. The molecule has 1 unspecified atom stereocenters. The summed E-state index contributed by atoms with van der Waals surface area (Å²) < 4.78 is 22.6. The molecule has 0 aromatic heterocycles. The van der Waals surface area contributed by atoms with Gasteiger partial charge in [0.2, 0.25) is 0 Å². The Labute approximate surface area is 230 Å². The highest BCUT2D eigenvalue weighted by Gasteiger charge is 2.68. The van der Waals surface area contributed by atoms with Gasteiger partial charge in [-0.1, -0.05) is 6.92 Å². The Hall–Kier alpha value is -1.36. The maximum Gasteiger partial charge on any atom is 0.331 e. The average molecular weight is 549 g/mol. The van der Waals surface area contributed by atoms with Gasteiger partial charge in [0.15, 0.2) is 6.29 Å². The molecule has 1 saturated heterocycles. The molecule has 0 aromatic carbocycles. The van der Waals surface area contributed by atoms with Gasteiger partial charge in [0, 0.05) is 24.0 Å². The lowest BCUT2D eigenvalue weighted by molar-refractivity contribution is -0.312. The van der Waals surface area contributed by atoms with Crippen LogP contribution in [0, 0.1) is 34.5 Å². The lowest BCUT2D eigenvalue weighted by Gasteiger charge is -2.63.